The molecule has 15 heavy (non-hydrogen) atoms. The molecule has 0 spiro atoms. The second-order valence-corrected chi connectivity index (χ2v) is 4.79. The van der Waals surface area contributed by atoms with Gasteiger partial charge in [0.05, 0.1) is 5.69 Å². The van der Waals surface area contributed by atoms with E-state index in [0.29, 0.717) is 0 Å². The van der Waals surface area contributed by atoms with E-state index in [-0.39, 0.29) is 5.41 Å². The summed E-state index contributed by atoms with van der Waals surface area (Å²) in [6.45, 7) is 6.75. The van der Waals surface area contributed by atoms with Crippen LogP contribution in [0, 0.1) is 0 Å². The lowest BCUT2D eigenvalue weighted by molar-refractivity contribution is 0.433. The van der Waals surface area contributed by atoms with Gasteiger partial charge in [-0.05, 0) is 6.42 Å². The number of aromatic nitrogens is 2. The zero-order valence-electron chi connectivity index (χ0n) is 10.2. The van der Waals surface area contributed by atoms with Crippen LogP contribution in [0.4, 0.5) is 0 Å². The van der Waals surface area contributed by atoms with E-state index >= 15 is 0 Å². The first-order valence-corrected chi connectivity index (χ1v) is 5.93. The zero-order valence-corrected chi connectivity index (χ0v) is 10.2. The van der Waals surface area contributed by atoms with Gasteiger partial charge in [0.25, 0.3) is 0 Å². The van der Waals surface area contributed by atoms with Crippen LogP contribution in [0.15, 0.2) is 18.6 Å². The number of unbranched alkanes of at least 4 members (excludes halogenated alkanes) is 3. The van der Waals surface area contributed by atoms with Crippen molar-refractivity contribution < 1.29 is 0 Å². The number of hydrogen-bond acceptors (Lipinski definition) is 2. The smallest absolute Gasteiger partial charge is 0.0642 e. The van der Waals surface area contributed by atoms with Crippen molar-refractivity contribution in [1.82, 2.24) is 9.97 Å². The van der Waals surface area contributed by atoms with Gasteiger partial charge in [0.2, 0.25) is 0 Å². The van der Waals surface area contributed by atoms with Gasteiger partial charge in [0, 0.05) is 24.0 Å². The minimum Gasteiger partial charge on any atom is -0.261 e. The van der Waals surface area contributed by atoms with Crippen molar-refractivity contribution in [1.29, 1.82) is 0 Å². The van der Waals surface area contributed by atoms with Crippen LogP contribution in [0.3, 0.4) is 0 Å². The average molecular weight is 206 g/mol. The SMILES string of the molecule is CCCCCCC(C)(C)c1cnccn1. The van der Waals surface area contributed by atoms with E-state index in [1.807, 2.05) is 6.20 Å². The maximum Gasteiger partial charge on any atom is 0.0642 e. The first kappa shape index (κ1) is 12.2. The Morgan fingerprint density at radius 2 is 1.93 bits per heavy atom. The summed E-state index contributed by atoms with van der Waals surface area (Å²) in [4.78, 5) is 8.52. The van der Waals surface area contributed by atoms with Crippen molar-refractivity contribution in [2.45, 2.75) is 58.3 Å². The first-order chi connectivity index (χ1) is 7.17. The van der Waals surface area contributed by atoms with E-state index in [1.165, 1.54) is 32.1 Å². The summed E-state index contributed by atoms with van der Waals surface area (Å²) in [5, 5.41) is 0. The van der Waals surface area contributed by atoms with Gasteiger partial charge in [-0.1, -0.05) is 46.5 Å². The highest BCUT2D eigenvalue weighted by Crippen LogP contribution is 2.26. The topological polar surface area (TPSA) is 25.8 Å². The first-order valence-electron chi connectivity index (χ1n) is 5.93. The third kappa shape index (κ3) is 3.98. The Morgan fingerprint density at radius 1 is 1.13 bits per heavy atom. The average Bonchev–Trinajstić information content (AvgIpc) is 2.26. The molecule has 0 fully saturated rings. The quantitative estimate of drug-likeness (QED) is 0.663. The molecular formula is C13H22N2. The van der Waals surface area contributed by atoms with Crippen LogP contribution in [0.5, 0.6) is 0 Å². The van der Waals surface area contributed by atoms with Crippen LogP contribution >= 0.6 is 0 Å². The van der Waals surface area contributed by atoms with Gasteiger partial charge >= 0.3 is 0 Å². The molecule has 0 aromatic carbocycles. The molecule has 0 saturated heterocycles. The highest BCUT2D eigenvalue weighted by molar-refractivity contribution is 5.09. The third-order valence-corrected chi connectivity index (χ3v) is 2.91. The molecule has 0 unspecified atom stereocenters. The molecule has 0 aliphatic rings. The van der Waals surface area contributed by atoms with Gasteiger partial charge in [0.1, 0.15) is 0 Å². The van der Waals surface area contributed by atoms with Gasteiger partial charge < -0.3 is 0 Å². The van der Waals surface area contributed by atoms with Crippen molar-refractivity contribution in [3.05, 3.63) is 24.3 Å². The molecule has 1 heterocycles. The summed E-state index contributed by atoms with van der Waals surface area (Å²) in [7, 11) is 0. The van der Waals surface area contributed by atoms with E-state index in [4.69, 9.17) is 0 Å². The summed E-state index contributed by atoms with van der Waals surface area (Å²) in [6.07, 6.45) is 11.9. The van der Waals surface area contributed by atoms with Gasteiger partial charge in [0.15, 0.2) is 0 Å². The molecule has 0 N–H and O–H groups in total. The van der Waals surface area contributed by atoms with E-state index in [2.05, 4.69) is 30.7 Å². The molecule has 2 heteroatoms. The number of rotatable bonds is 6. The molecular weight excluding hydrogens is 184 g/mol. The predicted octanol–water partition coefficient (Wildman–Crippen LogP) is 3.72. The summed E-state index contributed by atoms with van der Waals surface area (Å²) < 4.78 is 0. The molecule has 0 radical (unpaired) electrons. The molecule has 0 bridgehead atoms. The van der Waals surface area contributed by atoms with Gasteiger partial charge in [-0.3, -0.25) is 9.97 Å². The Balaban J connectivity index is 2.45. The molecule has 1 aromatic rings. The minimum absolute atomic E-state index is 0.169. The minimum atomic E-state index is 0.169. The van der Waals surface area contributed by atoms with E-state index < -0.39 is 0 Å². The lowest BCUT2D eigenvalue weighted by Gasteiger charge is -2.23. The standard InChI is InChI=1S/C13H22N2/c1-4-5-6-7-8-13(2,3)12-11-14-9-10-15-12/h9-11H,4-8H2,1-3H3. The van der Waals surface area contributed by atoms with Crippen molar-refractivity contribution in [3.63, 3.8) is 0 Å². The van der Waals surface area contributed by atoms with Crippen molar-refractivity contribution in [2.24, 2.45) is 0 Å². The summed E-state index contributed by atoms with van der Waals surface area (Å²) in [5.41, 5.74) is 1.28. The van der Waals surface area contributed by atoms with Gasteiger partial charge in [-0.2, -0.15) is 0 Å². The molecule has 1 aromatic heterocycles. The van der Waals surface area contributed by atoms with Crippen LogP contribution < -0.4 is 0 Å². The fraction of sp³-hybridized carbons (Fsp3) is 0.692. The molecule has 1 rings (SSSR count). The van der Waals surface area contributed by atoms with Crippen molar-refractivity contribution in [2.75, 3.05) is 0 Å². The summed E-state index contributed by atoms with van der Waals surface area (Å²) in [5.74, 6) is 0. The summed E-state index contributed by atoms with van der Waals surface area (Å²) in [6, 6.07) is 0. The van der Waals surface area contributed by atoms with Crippen LogP contribution in [-0.4, -0.2) is 9.97 Å². The largest absolute Gasteiger partial charge is 0.261 e. The molecule has 0 aliphatic heterocycles. The molecule has 0 amide bonds. The molecule has 0 aliphatic carbocycles. The normalized spacial score (nSPS) is 11.7. The van der Waals surface area contributed by atoms with Crippen LogP contribution in [0.1, 0.15) is 58.6 Å². The second-order valence-electron chi connectivity index (χ2n) is 4.79. The lowest BCUT2D eigenvalue weighted by Crippen LogP contribution is -2.18. The number of nitrogens with zero attached hydrogens (tertiary/aromatic N) is 2. The fourth-order valence-corrected chi connectivity index (χ4v) is 1.77. The Hall–Kier alpha value is -0.920. The van der Waals surface area contributed by atoms with E-state index in [0.717, 1.165) is 5.69 Å². The Kier molecular flexibility index (Phi) is 4.73. The summed E-state index contributed by atoms with van der Waals surface area (Å²) >= 11 is 0. The van der Waals surface area contributed by atoms with E-state index in [1.54, 1.807) is 12.4 Å². The molecule has 0 saturated carbocycles. The van der Waals surface area contributed by atoms with Gasteiger partial charge in [-0.25, -0.2) is 0 Å². The monoisotopic (exact) mass is 206 g/mol. The van der Waals surface area contributed by atoms with E-state index in [9.17, 15) is 0 Å². The van der Waals surface area contributed by atoms with Crippen LogP contribution in [-0.2, 0) is 5.41 Å². The zero-order chi connectivity index (χ0) is 11.1. The Bertz CT molecular complexity index is 267. The maximum absolute atomic E-state index is 4.39. The molecule has 2 nitrogen and oxygen atoms in total. The Labute approximate surface area is 93.2 Å². The van der Waals surface area contributed by atoms with Crippen LogP contribution in [0.2, 0.25) is 0 Å². The predicted molar refractivity (Wildman–Crippen MR) is 63.8 cm³/mol. The van der Waals surface area contributed by atoms with Gasteiger partial charge in [-0.15, -0.1) is 0 Å². The highest BCUT2D eigenvalue weighted by atomic mass is 14.8. The maximum atomic E-state index is 4.39. The second kappa shape index (κ2) is 5.84. The molecule has 0 atom stereocenters. The fourth-order valence-electron chi connectivity index (χ4n) is 1.77. The van der Waals surface area contributed by atoms with Crippen molar-refractivity contribution in [3.8, 4) is 0 Å². The highest BCUT2D eigenvalue weighted by Gasteiger charge is 2.21. The van der Waals surface area contributed by atoms with Crippen LogP contribution in [0.25, 0.3) is 0 Å². The third-order valence-electron chi connectivity index (χ3n) is 2.91. The Morgan fingerprint density at radius 3 is 2.53 bits per heavy atom. The lowest BCUT2D eigenvalue weighted by atomic mass is 9.84. The van der Waals surface area contributed by atoms with Crippen molar-refractivity contribution >= 4 is 0 Å². The molecule has 84 valence electrons. The number of hydrogen-bond donors (Lipinski definition) is 0.